The molecule has 1 heterocycles. The highest BCUT2D eigenvalue weighted by molar-refractivity contribution is 5.84. The molecule has 1 amide bonds. The van der Waals surface area contributed by atoms with Gasteiger partial charge >= 0.3 is 0 Å². The molecule has 0 spiro atoms. The molecule has 0 aromatic carbocycles. The first-order chi connectivity index (χ1) is 7.72. The van der Waals surface area contributed by atoms with Crippen LogP contribution in [0.5, 0.6) is 0 Å². The van der Waals surface area contributed by atoms with Gasteiger partial charge in [0.05, 0.1) is 6.04 Å². The number of carbonyl (C=O) groups is 1. The van der Waals surface area contributed by atoms with Crippen molar-refractivity contribution in [1.82, 2.24) is 10.2 Å². The third kappa shape index (κ3) is 2.40. The average molecular weight is 224 g/mol. The van der Waals surface area contributed by atoms with Crippen molar-refractivity contribution in [2.75, 3.05) is 13.1 Å². The fourth-order valence-corrected chi connectivity index (χ4v) is 3.19. The molecule has 3 atom stereocenters. The van der Waals surface area contributed by atoms with Gasteiger partial charge in [-0.05, 0) is 31.7 Å². The summed E-state index contributed by atoms with van der Waals surface area (Å²) < 4.78 is 0. The van der Waals surface area contributed by atoms with Gasteiger partial charge in [0.15, 0.2) is 0 Å². The Kier molecular flexibility index (Phi) is 3.85. The van der Waals surface area contributed by atoms with Crippen LogP contribution in [-0.2, 0) is 4.79 Å². The Morgan fingerprint density at radius 3 is 2.88 bits per heavy atom. The summed E-state index contributed by atoms with van der Waals surface area (Å²) >= 11 is 0. The topological polar surface area (TPSA) is 32.3 Å². The zero-order chi connectivity index (χ0) is 11.5. The van der Waals surface area contributed by atoms with E-state index in [0.29, 0.717) is 11.9 Å². The predicted octanol–water partition coefficient (Wildman–Crippen LogP) is 1.78. The number of carbonyl (C=O) groups excluding carboxylic acids is 1. The standard InChI is InChI=1S/C13H24N2O/c1-3-14-12-7-8-15(13(12)16)11-6-4-5-10(2)9-11/h10-12,14H,3-9H2,1-2H3. The maximum Gasteiger partial charge on any atom is 0.240 e. The Morgan fingerprint density at radius 1 is 1.38 bits per heavy atom. The molecule has 2 rings (SSSR count). The average Bonchev–Trinajstić information content (AvgIpc) is 2.61. The number of amides is 1. The first-order valence-electron chi connectivity index (χ1n) is 6.76. The number of hydrogen-bond donors (Lipinski definition) is 1. The maximum atomic E-state index is 12.2. The summed E-state index contributed by atoms with van der Waals surface area (Å²) in [7, 11) is 0. The van der Waals surface area contributed by atoms with Crippen LogP contribution in [0.3, 0.4) is 0 Å². The highest BCUT2D eigenvalue weighted by Gasteiger charge is 2.36. The summed E-state index contributed by atoms with van der Waals surface area (Å²) in [6.45, 7) is 6.24. The first kappa shape index (κ1) is 11.9. The molecule has 0 aromatic heterocycles. The number of likely N-dealkylation sites (N-methyl/N-ethyl adjacent to an activating group) is 1. The Morgan fingerprint density at radius 2 is 2.19 bits per heavy atom. The van der Waals surface area contributed by atoms with Crippen LogP contribution in [0.25, 0.3) is 0 Å². The Labute approximate surface area is 98.6 Å². The van der Waals surface area contributed by atoms with E-state index in [-0.39, 0.29) is 6.04 Å². The van der Waals surface area contributed by atoms with Crippen molar-refractivity contribution < 1.29 is 4.79 Å². The van der Waals surface area contributed by atoms with Gasteiger partial charge in [0.1, 0.15) is 0 Å². The van der Waals surface area contributed by atoms with Crippen LogP contribution in [0.15, 0.2) is 0 Å². The van der Waals surface area contributed by atoms with Gasteiger partial charge in [0, 0.05) is 12.6 Å². The van der Waals surface area contributed by atoms with Crippen molar-refractivity contribution in [2.45, 2.75) is 58.0 Å². The lowest BCUT2D eigenvalue weighted by Gasteiger charge is -2.34. The minimum atomic E-state index is 0.0993. The minimum absolute atomic E-state index is 0.0993. The largest absolute Gasteiger partial charge is 0.338 e. The molecule has 0 radical (unpaired) electrons. The Bertz CT molecular complexity index is 254. The third-order valence-corrected chi connectivity index (χ3v) is 4.04. The van der Waals surface area contributed by atoms with Crippen LogP contribution in [0.2, 0.25) is 0 Å². The number of hydrogen-bond acceptors (Lipinski definition) is 2. The SMILES string of the molecule is CCNC1CCN(C2CCCC(C)C2)C1=O. The quantitative estimate of drug-likeness (QED) is 0.792. The van der Waals surface area contributed by atoms with Crippen molar-refractivity contribution in [1.29, 1.82) is 0 Å². The fourth-order valence-electron chi connectivity index (χ4n) is 3.19. The van der Waals surface area contributed by atoms with E-state index < -0.39 is 0 Å². The minimum Gasteiger partial charge on any atom is -0.338 e. The second-order valence-electron chi connectivity index (χ2n) is 5.36. The summed E-state index contributed by atoms with van der Waals surface area (Å²) in [6, 6.07) is 0.627. The van der Waals surface area contributed by atoms with Crippen molar-refractivity contribution in [3.63, 3.8) is 0 Å². The zero-order valence-corrected chi connectivity index (χ0v) is 10.5. The van der Waals surface area contributed by atoms with Gasteiger partial charge in [-0.15, -0.1) is 0 Å². The van der Waals surface area contributed by atoms with Gasteiger partial charge < -0.3 is 10.2 Å². The first-order valence-corrected chi connectivity index (χ1v) is 6.76. The second kappa shape index (κ2) is 5.17. The van der Waals surface area contributed by atoms with Gasteiger partial charge in [-0.3, -0.25) is 4.79 Å². The van der Waals surface area contributed by atoms with Gasteiger partial charge in [-0.2, -0.15) is 0 Å². The smallest absolute Gasteiger partial charge is 0.240 e. The molecule has 92 valence electrons. The molecule has 2 aliphatic rings. The molecule has 3 nitrogen and oxygen atoms in total. The highest BCUT2D eigenvalue weighted by Crippen LogP contribution is 2.29. The van der Waals surface area contributed by atoms with Crippen molar-refractivity contribution in [3.05, 3.63) is 0 Å². The van der Waals surface area contributed by atoms with Crippen molar-refractivity contribution in [2.24, 2.45) is 5.92 Å². The van der Waals surface area contributed by atoms with Gasteiger partial charge in [-0.25, -0.2) is 0 Å². The lowest BCUT2D eigenvalue weighted by molar-refractivity contribution is -0.132. The van der Waals surface area contributed by atoms with Crippen LogP contribution in [0.1, 0.15) is 46.0 Å². The Hall–Kier alpha value is -0.570. The van der Waals surface area contributed by atoms with Crippen LogP contribution < -0.4 is 5.32 Å². The van der Waals surface area contributed by atoms with E-state index in [1.165, 1.54) is 25.7 Å². The Balaban J connectivity index is 1.92. The summed E-state index contributed by atoms with van der Waals surface area (Å²) in [5.74, 6) is 1.14. The predicted molar refractivity (Wildman–Crippen MR) is 65.2 cm³/mol. The fraction of sp³-hybridized carbons (Fsp3) is 0.923. The molecule has 1 saturated heterocycles. The van der Waals surface area contributed by atoms with Crippen molar-refractivity contribution >= 4 is 5.91 Å². The van der Waals surface area contributed by atoms with Gasteiger partial charge in [-0.1, -0.05) is 26.7 Å². The lowest BCUT2D eigenvalue weighted by atomic mass is 9.86. The normalized spacial score (nSPS) is 35.8. The molecular weight excluding hydrogens is 200 g/mol. The summed E-state index contributed by atoms with van der Waals surface area (Å²) in [6.07, 6.45) is 6.06. The van der Waals surface area contributed by atoms with Crippen LogP contribution in [0.4, 0.5) is 0 Å². The number of nitrogens with zero attached hydrogens (tertiary/aromatic N) is 1. The third-order valence-electron chi connectivity index (χ3n) is 4.04. The van der Waals surface area contributed by atoms with Crippen LogP contribution >= 0.6 is 0 Å². The van der Waals surface area contributed by atoms with E-state index >= 15 is 0 Å². The number of rotatable bonds is 3. The molecule has 1 saturated carbocycles. The second-order valence-corrected chi connectivity index (χ2v) is 5.36. The summed E-state index contributed by atoms with van der Waals surface area (Å²) in [5, 5.41) is 3.28. The maximum absolute atomic E-state index is 12.2. The van der Waals surface area contributed by atoms with Crippen molar-refractivity contribution in [3.8, 4) is 0 Å². The monoisotopic (exact) mass is 224 g/mol. The molecule has 1 aliphatic carbocycles. The zero-order valence-electron chi connectivity index (χ0n) is 10.5. The molecule has 16 heavy (non-hydrogen) atoms. The number of likely N-dealkylation sites (tertiary alicyclic amines) is 1. The summed E-state index contributed by atoms with van der Waals surface area (Å²) in [5.41, 5.74) is 0. The van der Waals surface area contributed by atoms with E-state index in [1.807, 2.05) is 0 Å². The van der Waals surface area contributed by atoms with Crippen LogP contribution in [-0.4, -0.2) is 36.0 Å². The van der Waals surface area contributed by atoms with E-state index in [2.05, 4.69) is 24.1 Å². The molecule has 1 aliphatic heterocycles. The lowest BCUT2D eigenvalue weighted by Crippen LogP contribution is -2.44. The summed E-state index contributed by atoms with van der Waals surface area (Å²) in [4.78, 5) is 14.3. The van der Waals surface area contributed by atoms with Gasteiger partial charge in [0.2, 0.25) is 5.91 Å². The van der Waals surface area contributed by atoms with E-state index in [1.54, 1.807) is 0 Å². The molecular formula is C13H24N2O. The molecule has 0 bridgehead atoms. The molecule has 1 N–H and O–H groups in total. The molecule has 0 aromatic rings. The van der Waals surface area contributed by atoms with E-state index in [4.69, 9.17) is 0 Å². The van der Waals surface area contributed by atoms with E-state index in [0.717, 1.165) is 25.4 Å². The number of nitrogens with one attached hydrogen (secondary N) is 1. The molecule has 3 unspecified atom stereocenters. The molecule has 3 heteroatoms. The molecule has 2 fully saturated rings. The van der Waals surface area contributed by atoms with E-state index in [9.17, 15) is 4.79 Å². The van der Waals surface area contributed by atoms with Gasteiger partial charge in [0.25, 0.3) is 0 Å². The van der Waals surface area contributed by atoms with Crippen LogP contribution in [0, 0.1) is 5.92 Å². The highest BCUT2D eigenvalue weighted by atomic mass is 16.2.